The van der Waals surface area contributed by atoms with Crippen LogP contribution in [0.5, 0.6) is 0 Å². The highest BCUT2D eigenvalue weighted by Gasteiger charge is 2.16. The number of anilines is 1. The van der Waals surface area contributed by atoms with E-state index in [1.54, 1.807) is 0 Å². The molecule has 8 nitrogen and oxygen atoms in total. The second kappa shape index (κ2) is 5.66. The Kier molecular flexibility index (Phi) is 3.45. The number of aryl methyl sites for hydroxylation is 3. The number of hydrogen-bond acceptors (Lipinski definition) is 8. The summed E-state index contributed by atoms with van der Waals surface area (Å²) in [7, 11) is 0. The number of aromatic nitrogens is 5. The second-order valence-corrected chi connectivity index (χ2v) is 5.95. The summed E-state index contributed by atoms with van der Waals surface area (Å²) in [6, 6.07) is 3.97. The maximum absolute atomic E-state index is 6.22. The minimum atomic E-state index is 0.422. The van der Waals surface area contributed by atoms with Crippen molar-refractivity contribution in [1.82, 2.24) is 25.4 Å². The van der Waals surface area contributed by atoms with E-state index in [0.29, 0.717) is 23.3 Å². The summed E-state index contributed by atoms with van der Waals surface area (Å²) in [4.78, 5) is 8.93. The summed E-state index contributed by atoms with van der Waals surface area (Å²) in [6.07, 6.45) is 2.42. The van der Waals surface area contributed by atoms with Gasteiger partial charge in [0.1, 0.15) is 5.76 Å². The predicted molar refractivity (Wildman–Crippen MR) is 90.8 cm³/mol. The first kappa shape index (κ1) is 15.3. The molecule has 126 valence electrons. The summed E-state index contributed by atoms with van der Waals surface area (Å²) in [5.74, 6) is 0.756. The minimum Gasteiger partial charge on any atom is -0.396 e. The zero-order chi connectivity index (χ0) is 17.6. The maximum atomic E-state index is 6.22. The fourth-order valence-electron chi connectivity index (χ4n) is 2.94. The van der Waals surface area contributed by atoms with Crippen molar-refractivity contribution in [2.75, 3.05) is 5.73 Å². The quantitative estimate of drug-likeness (QED) is 0.607. The third-order valence-electron chi connectivity index (χ3n) is 4.26. The standard InChI is InChI=1S/C17H16N6O2/c1-8-12(15(18)16-17(20-8)23-25-22-16)6-11-4-5-13(19-7-11)14-9(2)21-24-10(14)3/h4-5,7H,6,18H2,1-3H3. The van der Waals surface area contributed by atoms with Crippen LogP contribution in [0.4, 0.5) is 5.69 Å². The molecule has 0 saturated heterocycles. The molecule has 25 heavy (non-hydrogen) atoms. The van der Waals surface area contributed by atoms with E-state index in [0.717, 1.165) is 39.5 Å². The molecule has 0 aromatic carbocycles. The number of hydrogen-bond donors (Lipinski definition) is 1. The molecule has 0 saturated carbocycles. The first-order chi connectivity index (χ1) is 12.0. The molecule has 4 rings (SSSR count). The molecule has 8 heteroatoms. The van der Waals surface area contributed by atoms with Gasteiger partial charge in [-0.15, -0.1) is 0 Å². The van der Waals surface area contributed by atoms with Crippen LogP contribution in [0.15, 0.2) is 27.5 Å². The Labute approximate surface area is 143 Å². The SMILES string of the molecule is Cc1nc2nonc2c(N)c1Cc1ccc(-c2c(C)noc2C)nc1. The van der Waals surface area contributed by atoms with Gasteiger partial charge < -0.3 is 10.3 Å². The number of fused-ring (bicyclic) bond motifs is 1. The van der Waals surface area contributed by atoms with Crippen LogP contribution >= 0.6 is 0 Å². The van der Waals surface area contributed by atoms with Crippen LogP contribution in [0.3, 0.4) is 0 Å². The van der Waals surface area contributed by atoms with Crippen molar-refractivity contribution < 1.29 is 9.15 Å². The number of nitrogens with two attached hydrogens (primary N) is 1. The fraction of sp³-hybridized carbons (Fsp3) is 0.235. The van der Waals surface area contributed by atoms with E-state index in [9.17, 15) is 0 Å². The van der Waals surface area contributed by atoms with Gasteiger partial charge >= 0.3 is 0 Å². The van der Waals surface area contributed by atoms with Gasteiger partial charge in [0.15, 0.2) is 5.52 Å². The summed E-state index contributed by atoms with van der Waals surface area (Å²) in [6.45, 7) is 5.67. The summed E-state index contributed by atoms with van der Waals surface area (Å²) >= 11 is 0. The number of rotatable bonds is 3. The Bertz CT molecular complexity index is 1050. The molecule has 0 aliphatic carbocycles. The topological polar surface area (TPSA) is 117 Å². The molecule has 4 aromatic heterocycles. The molecule has 0 atom stereocenters. The normalized spacial score (nSPS) is 11.3. The van der Waals surface area contributed by atoms with Crippen molar-refractivity contribution in [2.45, 2.75) is 27.2 Å². The number of nitrogens with zero attached hydrogens (tertiary/aromatic N) is 5. The molecule has 0 aliphatic rings. The van der Waals surface area contributed by atoms with Crippen LogP contribution in [0, 0.1) is 20.8 Å². The van der Waals surface area contributed by atoms with E-state index in [-0.39, 0.29) is 0 Å². The molecule has 0 radical (unpaired) electrons. The van der Waals surface area contributed by atoms with E-state index in [4.69, 9.17) is 14.9 Å². The molecular formula is C17H16N6O2. The van der Waals surface area contributed by atoms with Crippen LogP contribution in [-0.4, -0.2) is 25.4 Å². The van der Waals surface area contributed by atoms with E-state index < -0.39 is 0 Å². The van der Waals surface area contributed by atoms with Crippen molar-refractivity contribution in [1.29, 1.82) is 0 Å². The lowest BCUT2D eigenvalue weighted by Gasteiger charge is -2.09. The Morgan fingerprint density at radius 1 is 1.04 bits per heavy atom. The van der Waals surface area contributed by atoms with Crippen molar-refractivity contribution in [3.05, 3.63) is 46.6 Å². The van der Waals surface area contributed by atoms with E-state index >= 15 is 0 Å². The van der Waals surface area contributed by atoms with Gasteiger partial charge in [-0.25, -0.2) is 9.61 Å². The van der Waals surface area contributed by atoms with Crippen molar-refractivity contribution >= 4 is 16.9 Å². The van der Waals surface area contributed by atoms with Crippen LogP contribution in [0.25, 0.3) is 22.4 Å². The molecule has 2 N–H and O–H groups in total. The number of nitrogen functional groups attached to an aromatic ring is 1. The van der Waals surface area contributed by atoms with Gasteiger partial charge in [0.25, 0.3) is 0 Å². The Morgan fingerprint density at radius 2 is 1.88 bits per heavy atom. The lowest BCUT2D eigenvalue weighted by molar-refractivity contribution is 0.315. The molecule has 4 aromatic rings. The van der Waals surface area contributed by atoms with Gasteiger partial charge in [0.2, 0.25) is 5.65 Å². The van der Waals surface area contributed by atoms with Crippen LogP contribution < -0.4 is 5.73 Å². The zero-order valence-electron chi connectivity index (χ0n) is 14.1. The third kappa shape index (κ3) is 2.51. The van der Waals surface area contributed by atoms with Gasteiger partial charge in [0.05, 0.1) is 22.6 Å². The van der Waals surface area contributed by atoms with Gasteiger partial charge in [-0.05, 0) is 42.7 Å². The molecule has 0 bridgehead atoms. The average molecular weight is 336 g/mol. The number of pyridine rings is 2. The Balaban J connectivity index is 1.68. The van der Waals surface area contributed by atoms with E-state index in [1.807, 2.05) is 39.1 Å². The maximum Gasteiger partial charge on any atom is 0.226 e. The summed E-state index contributed by atoms with van der Waals surface area (Å²) < 4.78 is 9.92. The average Bonchev–Trinajstić information content (AvgIpc) is 3.19. The Hall–Kier alpha value is -3.29. The Morgan fingerprint density at radius 3 is 2.56 bits per heavy atom. The third-order valence-corrected chi connectivity index (χ3v) is 4.26. The fourth-order valence-corrected chi connectivity index (χ4v) is 2.94. The largest absolute Gasteiger partial charge is 0.396 e. The highest BCUT2D eigenvalue weighted by atomic mass is 16.6. The molecule has 0 amide bonds. The highest BCUT2D eigenvalue weighted by Crippen LogP contribution is 2.27. The van der Waals surface area contributed by atoms with Crippen LogP contribution in [-0.2, 0) is 6.42 Å². The van der Waals surface area contributed by atoms with Crippen molar-refractivity contribution in [3.8, 4) is 11.3 Å². The lowest BCUT2D eigenvalue weighted by atomic mass is 10.0. The molecule has 0 spiro atoms. The van der Waals surface area contributed by atoms with E-state index in [1.165, 1.54) is 0 Å². The van der Waals surface area contributed by atoms with Gasteiger partial charge in [-0.2, -0.15) is 0 Å². The van der Waals surface area contributed by atoms with Crippen molar-refractivity contribution in [2.24, 2.45) is 0 Å². The molecule has 0 aliphatic heterocycles. The monoisotopic (exact) mass is 336 g/mol. The van der Waals surface area contributed by atoms with Gasteiger partial charge in [-0.3, -0.25) is 4.98 Å². The van der Waals surface area contributed by atoms with Gasteiger partial charge in [0, 0.05) is 23.9 Å². The van der Waals surface area contributed by atoms with Crippen LogP contribution in [0.1, 0.15) is 28.3 Å². The molecule has 0 fully saturated rings. The van der Waals surface area contributed by atoms with E-state index in [2.05, 4.69) is 25.4 Å². The first-order valence-corrected chi connectivity index (χ1v) is 7.80. The van der Waals surface area contributed by atoms with Crippen LogP contribution in [0.2, 0.25) is 0 Å². The summed E-state index contributed by atoms with van der Waals surface area (Å²) in [5, 5.41) is 11.5. The molecule has 4 heterocycles. The van der Waals surface area contributed by atoms with Crippen molar-refractivity contribution in [3.63, 3.8) is 0 Å². The minimum absolute atomic E-state index is 0.422. The zero-order valence-corrected chi connectivity index (χ0v) is 14.1. The molecule has 0 unspecified atom stereocenters. The van der Waals surface area contributed by atoms with Gasteiger partial charge in [-0.1, -0.05) is 11.2 Å². The second-order valence-electron chi connectivity index (χ2n) is 5.95. The molecular weight excluding hydrogens is 320 g/mol. The smallest absolute Gasteiger partial charge is 0.226 e. The first-order valence-electron chi connectivity index (χ1n) is 7.80. The summed E-state index contributed by atoms with van der Waals surface area (Å²) in [5.41, 5.74) is 13.0. The predicted octanol–water partition coefficient (Wildman–Crippen LogP) is 2.77. The lowest BCUT2D eigenvalue weighted by Crippen LogP contribution is -2.03. The highest BCUT2D eigenvalue weighted by molar-refractivity contribution is 5.85.